The molecule has 0 heterocycles. The summed E-state index contributed by atoms with van der Waals surface area (Å²) in [7, 11) is 0. The van der Waals surface area contributed by atoms with Crippen LogP contribution in [0.5, 0.6) is 0 Å². The van der Waals surface area contributed by atoms with Crippen LogP contribution in [0.4, 0.5) is 0 Å². The Bertz CT molecular complexity index is 407. The predicted molar refractivity (Wildman–Crippen MR) is 82.8 cm³/mol. The average molecular weight is 332 g/mol. The third-order valence-electron chi connectivity index (χ3n) is 3.37. The van der Waals surface area contributed by atoms with Crippen LogP contribution >= 0.6 is 0 Å². The molecule has 0 bridgehead atoms. The standard InChI is InChI=1S/C16H28O7/c1-10(2)5-12(6-11(3)4)9-23-14(19)8-16(22,15(20)21)7-13(17)18/h10-12,22H,5-9H2,1-4H3,(H,17,18)(H,20,21). The number of rotatable bonds is 11. The largest absolute Gasteiger partial charge is 0.481 e. The van der Waals surface area contributed by atoms with Crippen molar-refractivity contribution in [2.75, 3.05) is 6.61 Å². The van der Waals surface area contributed by atoms with Crippen LogP contribution in [0.15, 0.2) is 0 Å². The molecule has 0 saturated heterocycles. The van der Waals surface area contributed by atoms with E-state index >= 15 is 0 Å². The second kappa shape index (κ2) is 9.50. The first-order chi connectivity index (χ1) is 10.5. The molecular formula is C16H28O7. The smallest absolute Gasteiger partial charge is 0.336 e. The molecule has 3 N–H and O–H groups in total. The SMILES string of the molecule is CC(C)CC(COC(=O)CC(O)(CC(=O)O)C(=O)O)CC(C)C. The van der Waals surface area contributed by atoms with Crippen molar-refractivity contribution in [3.8, 4) is 0 Å². The lowest BCUT2D eigenvalue weighted by molar-refractivity contribution is -0.172. The minimum atomic E-state index is -2.64. The summed E-state index contributed by atoms with van der Waals surface area (Å²) >= 11 is 0. The van der Waals surface area contributed by atoms with Crippen LogP contribution in [0.1, 0.15) is 53.4 Å². The number of carbonyl (C=O) groups excluding carboxylic acids is 1. The topological polar surface area (TPSA) is 121 Å². The molecule has 0 aliphatic rings. The third-order valence-corrected chi connectivity index (χ3v) is 3.37. The molecule has 7 nitrogen and oxygen atoms in total. The molecule has 0 aliphatic heterocycles. The van der Waals surface area contributed by atoms with Crippen molar-refractivity contribution in [2.24, 2.45) is 17.8 Å². The highest BCUT2D eigenvalue weighted by molar-refractivity contribution is 5.88. The molecule has 0 rings (SSSR count). The fraction of sp³-hybridized carbons (Fsp3) is 0.812. The minimum Gasteiger partial charge on any atom is -0.481 e. The van der Waals surface area contributed by atoms with Crippen LogP contribution in [0.2, 0.25) is 0 Å². The Labute approximate surface area is 136 Å². The fourth-order valence-electron chi connectivity index (χ4n) is 2.53. The Morgan fingerprint density at radius 1 is 0.957 bits per heavy atom. The van der Waals surface area contributed by atoms with Crippen LogP contribution in [-0.4, -0.2) is 45.4 Å². The normalized spacial score (nSPS) is 14.1. The predicted octanol–water partition coefficient (Wildman–Crippen LogP) is 1.92. The van der Waals surface area contributed by atoms with E-state index in [2.05, 4.69) is 27.7 Å². The van der Waals surface area contributed by atoms with E-state index in [4.69, 9.17) is 14.9 Å². The Balaban J connectivity index is 4.65. The minimum absolute atomic E-state index is 0.137. The first-order valence-corrected chi connectivity index (χ1v) is 7.79. The molecule has 0 fully saturated rings. The van der Waals surface area contributed by atoms with E-state index in [1.54, 1.807) is 0 Å². The van der Waals surface area contributed by atoms with Gasteiger partial charge < -0.3 is 20.1 Å². The van der Waals surface area contributed by atoms with Gasteiger partial charge in [-0.1, -0.05) is 27.7 Å². The zero-order valence-corrected chi connectivity index (χ0v) is 14.2. The number of esters is 1. The second-order valence-electron chi connectivity index (χ2n) is 6.89. The van der Waals surface area contributed by atoms with Crippen molar-refractivity contribution in [1.82, 2.24) is 0 Å². The first-order valence-electron chi connectivity index (χ1n) is 7.79. The number of carboxylic acids is 2. The number of aliphatic hydroxyl groups is 1. The van der Waals surface area contributed by atoms with Gasteiger partial charge in [0.1, 0.15) is 0 Å². The van der Waals surface area contributed by atoms with Crippen molar-refractivity contribution in [1.29, 1.82) is 0 Å². The van der Waals surface area contributed by atoms with E-state index < -0.39 is 36.4 Å². The van der Waals surface area contributed by atoms with Crippen molar-refractivity contribution in [3.63, 3.8) is 0 Å². The van der Waals surface area contributed by atoms with Crippen LogP contribution in [0.3, 0.4) is 0 Å². The zero-order chi connectivity index (χ0) is 18.2. The summed E-state index contributed by atoms with van der Waals surface area (Å²) in [4.78, 5) is 33.4. The summed E-state index contributed by atoms with van der Waals surface area (Å²) < 4.78 is 5.08. The van der Waals surface area contributed by atoms with Gasteiger partial charge in [-0.25, -0.2) is 4.79 Å². The second-order valence-corrected chi connectivity index (χ2v) is 6.89. The number of ether oxygens (including phenoxy) is 1. The van der Waals surface area contributed by atoms with E-state index in [0.29, 0.717) is 11.8 Å². The van der Waals surface area contributed by atoms with Gasteiger partial charge in [-0.15, -0.1) is 0 Å². The first kappa shape index (κ1) is 21.4. The lowest BCUT2D eigenvalue weighted by Gasteiger charge is -2.23. The van der Waals surface area contributed by atoms with Gasteiger partial charge in [0, 0.05) is 0 Å². The van der Waals surface area contributed by atoms with Crippen molar-refractivity contribution < 1.29 is 34.4 Å². The Morgan fingerprint density at radius 3 is 1.78 bits per heavy atom. The maximum atomic E-state index is 11.8. The van der Waals surface area contributed by atoms with Gasteiger partial charge in [0.2, 0.25) is 0 Å². The van der Waals surface area contributed by atoms with Crippen LogP contribution in [-0.2, 0) is 19.1 Å². The molecule has 0 aromatic carbocycles. The number of carbonyl (C=O) groups is 3. The van der Waals surface area contributed by atoms with Crippen LogP contribution in [0, 0.1) is 17.8 Å². The van der Waals surface area contributed by atoms with E-state index in [0.717, 1.165) is 12.8 Å². The molecule has 1 unspecified atom stereocenters. The molecule has 0 spiro atoms. The van der Waals surface area contributed by atoms with Crippen LogP contribution < -0.4 is 0 Å². The van der Waals surface area contributed by atoms with Crippen molar-refractivity contribution in [2.45, 2.75) is 59.0 Å². The lowest BCUT2D eigenvalue weighted by atomic mass is 9.90. The summed E-state index contributed by atoms with van der Waals surface area (Å²) in [5.41, 5.74) is -2.64. The van der Waals surface area contributed by atoms with E-state index in [-0.39, 0.29) is 12.5 Å². The number of hydrogen-bond donors (Lipinski definition) is 3. The van der Waals surface area contributed by atoms with Crippen molar-refractivity contribution >= 4 is 17.9 Å². The highest BCUT2D eigenvalue weighted by atomic mass is 16.5. The molecule has 0 aromatic rings. The maximum absolute atomic E-state index is 11.8. The molecule has 7 heteroatoms. The van der Waals surface area contributed by atoms with E-state index in [9.17, 15) is 19.5 Å². The molecule has 134 valence electrons. The maximum Gasteiger partial charge on any atom is 0.336 e. The van der Waals surface area contributed by atoms with Gasteiger partial charge >= 0.3 is 17.9 Å². The summed E-state index contributed by atoms with van der Waals surface area (Å²) in [6.07, 6.45) is -0.211. The third kappa shape index (κ3) is 9.18. The van der Waals surface area contributed by atoms with Gasteiger partial charge in [0.05, 0.1) is 19.4 Å². The van der Waals surface area contributed by atoms with Gasteiger partial charge in [0.25, 0.3) is 0 Å². The lowest BCUT2D eigenvalue weighted by Crippen LogP contribution is -2.43. The van der Waals surface area contributed by atoms with E-state index in [1.807, 2.05) is 0 Å². The molecule has 0 amide bonds. The molecular weight excluding hydrogens is 304 g/mol. The zero-order valence-electron chi connectivity index (χ0n) is 14.2. The molecule has 0 radical (unpaired) electrons. The van der Waals surface area contributed by atoms with Crippen molar-refractivity contribution in [3.05, 3.63) is 0 Å². The monoisotopic (exact) mass is 332 g/mol. The van der Waals surface area contributed by atoms with Gasteiger partial charge in [-0.2, -0.15) is 0 Å². The Morgan fingerprint density at radius 2 is 1.43 bits per heavy atom. The quantitative estimate of drug-likeness (QED) is 0.494. The Hall–Kier alpha value is -1.63. The van der Waals surface area contributed by atoms with E-state index in [1.165, 1.54) is 0 Å². The Kier molecular flexibility index (Phi) is 8.82. The van der Waals surface area contributed by atoms with Gasteiger partial charge in [-0.05, 0) is 30.6 Å². The van der Waals surface area contributed by atoms with Crippen LogP contribution in [0.25, 0.3) is 0 Å². The van der Waals surface area contributed by atoms with Gasteiger partial charge in [0.15, 0.2) is 5.60 Å². The molecule has 1 atom stereocenters. The summed E-state index contributed by atoms with van der Waals surface area (Å²) in [6, 6.07) is 0. The highest BCUT2D eigenvalue weighted by Gasteiger charge is 2.41. The number of hydrogen-bond acceptors (Lipinski definition) is 5. The average Bonchev–Trinajstić information content (AvgIpc) is 2.33. The highest BCUT2D eigenvalue weighted by Crippen LogP contribution is 2.22. The summed E-state index contributed by atoms with van der Waals surface area (Å²) in [5.74, 6) is -3.15. The molecule has 0 aromatic heterocycles. The number of aliphatic carboxylic acids is 2. The molecule has 0 aliphatic carbocycles. The summed E-state index contributed by atoms with van der Waals surface area (Å²) in [6.45, 7) is 8.38. The molecule has 0 saturated carbocycles. The number of carboxylic acid groups (broad SMARTS) is 2. The molecule has 23 heavy (non-hydrogen) atoms. The fourth-order valence-corrected chi connectivity index (χ4v) is 2.53. The summed E-state index contributed by atoms with van der Waals surface area (Å²) in [5, 5.41) is 27.4. The van der Waals surface area contributed by atoms with Gasteiger partial charge in [-0.3, -0.25) is 9.59 Å².